The predicted molar refractivity (Wildman–Crippen MR) is 113 cm³/mol. The number of nitrogens with zero attached hydrogens (tertiary/aromatic N) is 4. The van der Waals surface area contributed by atoms with Gasteiger partial charge in [0.1, 0.15) is 23.6 Å². The lowest BCUT2D eigenvalue weighted by Gasteiger charge is -2.15. The van der Waals surface area contributed by atoms with Crippen molar-refractivity contribution < 1.29 is 9.53 Å². The second-order valence-electron chi connectivity index (χ2n) is 6.70. The second-order valence-corrected chi connectivity index (χ2v) is 6.70. The van der Waals surface area contributed by atoms with E-state index in [1.54, 1.807) is 12.4 Å². The van der Waals surface area contributed by atoms with E-state index in [1.807, 2.05) is 56.5 Å². The van der Waals surface area contributed by atoms with Crippen LogP contribution in [-0.2, 0) is 6.54 Å². The Kier molecular flexibility index (Phi) is 6.59. The first-order valence-corrected chi connectivity index (χ1v) is 10.0. The number of benzene rings is 1. The third-order valence-electron chi connectivity index (χ3n) is 4.73. The molecule has 2 bridgehead atoms. The molecule has 4 rings (SSSR count). The fourth-order valence-corrected chi connectivity index (χ4v) is 3.08. The van der Waals surface area contributed by atoms with Crippen LogP contribution in [-0.4, -0.2) is 32.3 Å². The van der Waals surface area contributed by atoms with Crippen molar-refractivity contribution in [2.24, 2.45) is 0 Å². The Morgan fingerprint density at radius 1 is 1.10 bits per heavy atom. The number of anilines is 1. The number of hydrogen-bond acceptors (Lipinski definition) is 5. The van der Waals surface area contributed by atoms with Gasteiger partial charge in [-0.2, -0.15) is 0 Å². The number of aryl methyl sites for hydroxylation is 3. The molecule has 29 heavy (non-hydrogen) atoms. The first kappa shape index (κ1) is 20.5. The highest BCUT2D eigenvalue weighted by Crippen LogP contribution is 2.25. The zero-order chi connectivity index (χ0) is 20.8. The van der Waals surface area contributed by atoms with E-state index in [0.717, 1.165) is 30.5 Å². The molecule has 0 aliphatic carbocycles. The summed E-state index contributed by atoms with van der Waals surface area (Å²) in [5.74, 6) is 1.52. The van der Waals surface area contributed by atoms with Crippen LogP contribution in [0.3, 0.4) is 0 Å². The number of nitrogens with one attached hydrogen (secondary N) is 1. The third-order valence-corrected chi connectivity index (χ3v) is 4.73. The average molecular weight is 393 g/mol. The van der Waals surface area contributed by atoms with Crippen LogP contribution < -0.4 is 10.1 Å². The number of fused-ring (bicyclic) bond motifs is 5. The van der Waals surface area contributed by atoms with Crippen molar-refractivity contribution in [1.82, 2.24) is 19.7 Å². The number of rotatable bonds is 0. The molecule has 0 fully saturated rings. The number of hydrogen-bond donors (Lipinski definition) is 1. The van der Waals surface area contributed by atoms with Gasteiger partial charge >= 0.3 is 0 Å². The summed E-state index contributed by atoms with van der Waals surface area (Å²) in [6, 6.07) is 9.27. The van der Waals surface area contributed by atoms with E-state index in [4.69, 9.17) is 4.74 Å². The molecule has 2 aromatic heterocycles. The molecule has 7 heteroatoms. The van der Waals surface area contributed by atoms with Gasteiger partial charge in [-0.05, 0) is 62.1 Å². The molecule has 0 saturated carbocycles. The molecular weight excluding hydrogens is 366 g/mol. The number of aromatic nitrogens is 4. The maximum atomic E-state index is 12.9. The van der Waals surface area contributed by atoms with Crippen molar-refractivity contribution in [3.05, 3.63) is 53.3 Å². The van der Waals surface area contributed by atoms with Crippen molar-refractivity contribution in [2.75, 3.05) is 11.9 Å². The Hall–Kier alpha value is -3.22. The Balaban J connectivity index is 0.00000117. The number of carbonyl (C=O) groups excluding carboxylic acids is 1. The largest absolute Gasteiger partial charge is 0.493 e. The fourth-order valence-electron chi connectivity index (χ4n) is 3.08. The summed E-state index contributed by atoms with van der Waals surface area (Å²) in [5, 5.41) is 11.1. The van der Waals surface area contributed by atoms with Gasteiger partial charge in [-0.15, -0.1) is 10.2 Å². The highest BCUT2D eigenvalue weighted by atomic mass is 16.5. The van der Waals surface area contributed by atoms with Crippen LogP contribution in [0.2, 0.25) is 0 Å². The Morgan fingerprint density at radius 2 is 1.90 bits per heavy atom. The van der Waals surface area contributed by atoms with Gasteiger partial charge in [-0.3, -0.25) is 4.79 Å². The monoisotopic (exact) mass is 393 g/mol. The Morgan fingerprint density at radius 3 is 2.72 bits per heavy atom. The molecule has 1 amide bonds. The topological polar surface area (TPSA) is 81.9 Å². The summed E-state index contributed by atoms with van der Waals surface area (Å²) in [4.78, 5) is 17.4. The lowest BCUT2D eigenvalue weighted by Crippen LogP contribution is -2.16. The Labute approximate surface area is 171 Å². The standard InChI is InChI=1S/C20H21N5O2.C2H6/c1-13-10-15-17(11-14(13)2)27-9-4-3-8-25-12-21-24-19(25)16-6-5-7-18(22-16)23-20(15)26;1-2/h5-7,10-12H,3-4,8-9H2,1-2H3,(H,22,23,26);1-2H3. The number of pyridine rings is 1. The van der Waals surface area contributed by atoms with E-state index in [0.29, 0.717) is 35.3 Å². The van der Waals surface area contributed by atoms with Crippen molar-refractivity contribution in [3.8, 4) is 17.3 Å². The molecule has 0 radical (unpaired) electrons. The van der Waals surface area contributed by atoms with E-state index in [2.05, 4.69) is 20.5 Å². The second kappa shape index (κ2) is 9.32. The van der Waals surface area contributed by atoms with Crippen LogP contribution in [0.4, 0.5) is 5.82 Å². The predicted octanol–water partition coefficient (Wildman–Crippen LogP) is 4.41. The molecule has 0 spiro atoms. The van der Waals surface area contributed by atoms with Gasteiger partial charge in [0.05, 0.1) is 12.2 Å². The minimum Gasteiger partial charge on any atom is -0.493 e. The van der Waals surface area contributed by atoms with Crippen LogP contribution in [0.5, 0.6) is 5.75 Å². The van der Waals surface area contributed by atoms with E-state index in [1.165, 1.54) is 0 Å². The summed E-state index contributed by atoms with van der Waals surface area (Å²) in [5.41, 5.74) is 3.34. The van der Waals surface area contributed by atoms with Crippen molar-refractivity contribution in [1.29, 1.82) is 0 Å². The van der Waals surface area contributed by atoms with Gasteiger partial charge < -0.3 is 14.6 Å². The number of amides is 1. The lowest BCUT2D eigenvalue weighted by atomic mass is 10.0. The van der Waals surface area contributed by atoms with Crippen LogP contribution in [0, 0.1) is 13.8 Å². The van der Waals surface area contributed by atoms with Crippen molar-refractivity contribution in [2.45, 2.75) is 47.1 Å². The molecule has 3 aromatic rings. The summed E-state index contributed by atoms with van der Waals surface area (Å²) in [7, 11) is 0. The van der Waals surface area contributed by atoms with Crippen LogP contribution >= 0.6 is 0 Å². The zero-order valence-corrected chi connectivity index (χ0v) is 17.4. The average Bonchev–Trinajstić information content (AvgIpc) is 3.19. The minimum atomic E-state index is -0.240. The third kappa shape index (κ3) is 4.62. The first-order valence-electron chi connectivity index (χ1n) is 10.0. The zero-order valence-electron chi connectivity index (χ0n) is 17.4. The van der Waals surface area contributed by atoms with Gasteiger partial charge in [0.25, 0.3) is 5.91 Å². The number of ether oxygens (including phenoxy) is 1. The fraction of sp³-hybridized carbons (Fsp3) is 0.364. The van der Waals surface area contributed by atoms with Crippen molar-refractivity contribution in [3.63, 3.8) is 0 Å². The lowest BCUT2D eigenvalue weighted by molar-refractivity contribution is 0.102. The molecule has 152 valence electrons. The summed E-state index contributed by atoms with van der Waals surface area (Å²) in [6.07, 6.45) is 3.48. The normalized spacial score (nSPS) is 13.6. The first-order chi connectivity index (χ1) is 14.1. The molecule has 7 nitrogen and oxygen atoms in total. The summed E-state index contributed by atoms with van der Waals surface area (Å²) < 4.78 is 7.91. The molecule has 1 aliphatic heterocycles. The molecular formula is C22H27N5O2. The van der Waals surface area contributed by atoms with E-state index >= 15 is 0 Å². The SMILES string of the molecule is CC.Cc1cc2c(cc1C)C(=O)Nc1cccc(n1)-c1nncn1CCCCO2. The highest BCUT2D eigenvalue weighted by Gasteiger charge is 2.17. The molecule has 1 N–H and O–H groups in total. The van der Waals surface area contributed by atoms with Crippen LogP contribution in [0.1, 0.15) is 48.2 Å². The summed E-state index contributed by atoms with van der Waals surface area (Å²) in [6.45, 7) is 9.33. The Bertz CT molecular complexity index is 997. The quantitative estimate of drug-likeness (QED) is 0.612. The molecule has 0 unspecified atom stereocenters. The van der Waals surface area contributed by atoms with E-state index in [-0.39, 0.29) is 5.91 Å². The van der Waals surface area contributed by atoms with E-state index < -0.39 is 0 Å². The van der Waals surface area contributed by atoms with Crippen molar-refractivity contribution >= 4 is 11.7 Å². The van der Waals surface area contributed by atoms with Gasteiger partial charge in [0, 0.05) is 6.54 Å². The molecule has 0 saturated heterocycles. The molecule has 1 aromatic carbocycles. The number of carbonyl (C=O) groups is 1. The molecule has 0 atom stereocenters. The van der Waals surface area contributed by atoms with Crippen LogP contribution in [0.25, 0.3) is 11.5 Å². The van der Waals surface area contributed by atoms with Gasteiger partial charge in [0.2, 0.25) is 0 Å². The molecule has 3 heterocycles. The van der Waals surface area contributed by atoms with E-state index in [9.17, 15) is 4.79 Å². The summed E-state index contributed by atoms with van der Waals surface area (Å²) >= 11 is 0. The van der Waals surface area contributed by atoms with Crippen LogP contribution in [0.15, 0.2) is 36.7 Å². The van der Waals surface area contributed by atoms with Gasteiger partial charge in [0.15, 0.2) is 5.82 Å². The van der Waals surface area contributed by atoms with Gasteiger partial charge in [-0.25, -0.2) is 4.98 Å². The highest BCUT2D eigenvalue weighted by molar-refractivity contribution is 6.06. The smallest absolute Gasteiger partial charge is 0.260 e. The molecule has 1 aliphatic rings. The maximum Gasteiger partial charge on any atom is 0.260 e. The maximum absolute atomic E-state index is 12.9. The minimum absolute atomic E-state index is 0.240. The van der Waals surface area contributed by atoms with Gasteiger partial charge in [-0.1, -0.05) is 19.9 Å².